The van der Waals surface area contributed by atoms with Crippen LogP contribution < -0.4 is 26.2 Å². The fourth-order valence-corrected chi connectivity index (χ4v) is 3.65. The Morgan fingerprint density at radius 3 is 2.30 bits per heavy atom. The van der Waals surface area contributed by atoms with Gasteiger partial charge in [0, 0.05) is 21.3 Å². The predicted molar refractivity (Wildman–Crippen MR) is 151 cm³/mol. The summed E-state index contributed by atoms with van der Waals surface area (Å²) in [7, 11) is 0. The normalized spacial score (nSPS) is 10.4. The first-order valence-corrected chi connectivity index (χ1v) is 12.6. The second kappa shape index (κ2) is 13.0. The minimum atomic E-state index is -0.486. The first kappa shape index (κ1) is 27.8. The molecule has 0 radical (unpaired) electrons. The van der Waals surface area contributed by atoms with E-state index in [0.29, 0.717) is 39.2 Å². The third-order valence-corrected chi connectivity index (χ3v) is 5.66. The van der Waals surface area contributed by atoms with Crippen LogP contribution >= 0.6 is 28.1 Å². The van der Waals surface area contributed by atoms with E-state index < -0.39 is 11.8 Å². The number of halogens is 1. The van der Waals surface area contributed by atoms with E-state index in [4.69, 9.17) is 17.0 Å². The molecule has 0 aliphatic carbocycles. The molecule has 4 N–H and O–H groups in total. The molecule has 0 saturated carbocycles. The van der Waals surface area contributed by atoms with E-state index in [-0.39, 0.29) is 16.9 Å². The van der Waals surface area contributed by atoms with Gasteiger partial charge in [-0.25, -0.2) is 0 Å². The molecule has 192 valence electrons. The van der Waals surface area contributed by atoms with Crippen molar-refractivity contribution in [2.45, 2.75) is 20.8 Å². The number of anilines is 1. The Hall–Kier alpha value is -3.76. The van der Waals surface area contributed by atoms with Gasteiger partial charge in [-0.1, -0.05) is 47.5 Å². The van der Waals surface area contributed by atoms with Gasteiger partial charge in [-0.15, -0.1) is 0 Å². The van der Waals surface area contributed by atoms with Crippen molar-refractivity contribution in [1.29, 1.82) is 0 Å². The molecule has 0 aliphatic rings. The maximum Gasteiger partial charge on any atom is 0.269 e. The van der Waals surface area contributed by atoms with Gasteiger partial charge in [0.25, 0.3) is 17.7 Å². The standard InChI is InChI=1S/C27H27BrN4O4S/c1-16(2)15-36-23-12-9-20(28)14-22(23)26(35)30-27(37)32-31-25(34)18-7-10-21(11-8-18)29-24(33)19-6-4-5-17(3)13-19/h4-14,16H,15H2,1-3H3,(H,29,33)(H,31,34)(H2,30,32,35,37). The summed E-state index contributed by atoms with van der Waals surface area (Å²) in [5.41, 5.74) is 7.66. The van der Waals surface area contributed by atoms with Crippen molar-refractivity contribution in [2.75, 3.05) is 11.9 Å². The molecule has 0 atom stereocenters. The van der Waals surface area contributed by atoms with Gasteiger partial charge in [-0.3, -0.25) is 30.6 Å². The number of hydrogen-bond acceptors (Lipinski definition) is 5. The molecule has 0 heterocycles. The van der Waals surface area contributed by atoms with Crippen molar-refractivity contribution >= 4 is 56.7 Å². The molecular weight excluding hydrogens is 556 g/mol. The number of hydrazine groups is 1. The lowest BCUT2D eigenvalue weighted by Crippen LogP contribution is -2.48. The summed E-state index contributed by atoms with van der Waals surface area (Å²) >= 11 is 8.50. The molecule has 0 saturated heterocycles. The van der Waals surface area contributed by atoms with Crippen LogP contribution in [0.3, 0.4) is 0 Å². The van der Waals surface area contributed by atoms with Gasteiger partial charge >= 0.3 is 0 Å². The van der Waals surface area contributed by atoms with Crippen molar-refractivity contribution in [3.63, 3.8) is 0 Å². The van der Waals surface area contributed by atoms with Crippen LogP contribution in [0.2, 0.25) is 0 Å². The van der Waals surface area contributed by atoms with Crippen LogP contribution in [0.4, 0.5) is 5.69 Å². The van der Waals surface area contributed by atoms with Crippen molar-refractivity contribution in [3.05, 3.63) is 93.5 Å². The highest BCUT2D eigenvalue weighted by Gasteiger charge is 2.16. The molecule has 0 fully saturated rings. The van der Waals surface area contributed by atoms with Gasteiger partial charge in [0.15, 0.2) is 5.11 Å². The summed E-state index contributed by atoms with van der Waals surface area (Å²) in [6, 6.07) is 18.7. The molecule has 0 unspecified atom stereocenters. The van der Waals surface area contributed by atoms with Crippen LogP contribution in [-0.4, -0.2) is 29.4 Å². The van der Waals surface area contributed by atoms with Crippen LogP contribution in [0.15, 0.2) is 71.2 Å². The smallest absolute Gasteiger partial charge is 0.269 e. The molecule has 3 aromatic carbocycles. The van der Waals surface area contributed by atoms with Crippen LogP contribution in [0.5, 0.6) is 5.75 Å². The number of thiocarbonyl (C=S) groups is 1. The highest BCUT2D eigenvalue weighted by molar-refractivity contribution is 9.10. The third kappa shape index (κ3) is 8.40. The summed E-state index contributed by atoms with van der Waals surface area (Å²) in [5, 5.41) is 5.23. The Balaban J connectivity index is 1.53. The van der Waals surface area contributed by atoms with E-state index in [1.54, 1.807) is 54.6 Å². The minimum absolute atomic E-state index is 0.0878. The van der Waals surface area contributed by atoms with Crippen LogP contribution in [-0.2, 0) is 0 Å². The first-order valence-electron chi connectivity index (χ1n) is 11.4. The number of carbonyl (C=O) groups excluding carboxylic acids is 3. The monoisotopic (exact) mass is 582 g/mol. The second-order valence-corrected chi connectivity index (χ2v) is 9.93. The lowest BCUT2D eigenvalue weighted by Gasteiger charge is -2.15. The molecule has 3 amide bonds. The zero-order valence-electron chi connectivity index (χ0n) is 20.6. The Morgan fingerprint density at radius 1 is 0.892 bits per heavy atom. The molecule has 3 aromatic rings. The van der Waals surface area contributed by atoms with Gasteiger partial charge in [0.2, 0.25) is 0 Å². The zero-order chi connectivity index (χ0) is 26.9. The maximum atomic E-state index is 12.7. The van der Waals surface area contributed by atoms with Crippen molar-refractivity contribution in [2.24, 2.45) is 5.92 Å². The minimum Gasteiger partial charge on any atom is -0.492 e. The van der Waals surface area contributed by atoms with Gasteiger partial charge in [-0.05, 0) is 79.7 Å². The molecule has 8 nitrogen and oxygen atoms in total. The molecule has 3 rings (SSSR count). The van der Waals surface area contributed by atoms with E-state index in [1.165, 1.54) is 0 Å². The third-order valence-electron chi connectivity index (χ3n) is 4.96. The summed E-state index contributed by atoms with van der Waals surface area (Å²) in [5.74, 6) is -0.490. The van der Waals surface area contributed by atoms with Gasteiger partial charge in [0.1, 0.15) is 5.75 Å². The number of aryl methyl sites for hydroxylation is 1. The summed E-state index contributed by atoms with van der Waals surface area (Å²) in [4.78, 5) is 37.6. The molecule has 0 spiro atoms. The second-order valence-electron chi connectivity index (χ2n) is 8.61. The number of hydrogen-bond donors (Lipinski definition) is 4. The molecule has 37 heavy (non-hydrogen) atoms. The highest BCUT2D eigenvalue weighted by Crippen LogP contribution is 2.24. The molecule has 10 heteroatoms. The van der Waals surface area contributed by atoms with Crippen molar-refractivity contribution < 1.29 is 19.1 Å². The Labute approximate surface area is 229 Å². The summed E-state index contributed by atoms with van der Waals surface area (Å²) in [6.45, 7) is 6.38. The predicted octanol–water partition coefficient (Wildman–Crippen LogP) is 4.99. The van der Waals surface area contributed by atoms with Crippen LogP contribution in [0, 0.1) is 12.8 Å². The van der Waals surface area contributed by atoms with Crippen molar-refractivity contribution in [3.8, 4) is 5.75 Å². The SMILES string of the molecule is Cc1cccc(C(=O)Nc2ccc(C(=O)NNC(=S)NC(=O)c3cc(Br)ccc3OCC(C)C)cc2)c1. The Kier molecular flexibility index (Phi) is 9.76. The molecule has 0 aliphatic heterocycles. The van der Waals surface area contributed by atoms with Crippen LogP contribution in [0.25, 0.3) is 0 Å². The maximum absolute atomic E-state index is 12.7. The zero-order valence-corrected chi connectivity index (χ0v) is 23.0. The number of carbonyl (C=O) groups is 3. The fraction of sp³-hybridized carbons (Fsp3) is 0.185. The lowest BCUT2D eigenvalue weighted by molar-refractivity contribution is 0.0933. The van der Waals surface area contributed by atoms with E-state index in [9.17, 15) is 14.4 Å². The number of ether oxygens (including phenoxy) is 1. The number of amides is 3. The topological polar surface area (TPSA) is 109 Å². The summed E-state index contributed by atoms with van der Waals surface area (Å²) in [6.07, 6.45) is 0. The average molecular weight is 584 g/mol. The first-order chi connectivity index (χ1) is 17.6. The average Bonchev–Trinajstić information content (AvgIpc) is 2.86. The Bertz CT molecular complexity index is 1310. The fourth-order valence-electron chi connectivity index (χ4n) is 3.14. The molecule has 0 aromatic heterocycles. The Morgan fingerprint density at radius 2 is 1.62 bits per heavy atom. The van der Waals surface area contributed by atoms with E-state index in [0.717, 1.165) is 5.56 Å². The van der Waals surface area contributed by atoms with E-state index in [2.05, 4.69) is 37.4 Å². The quantitative estimate of drug-likeness (QED) is 0.231. The highest BCUT2D eigenvalue weighted by atomic mass is 79.9. The van der Waals surface area contributed by atoms with Gasteiger partial charge < -0.3 is 10.1 Å². The van der Waals surface area contributed by atoms with E-state index in [1.807, 2.05) is 32.9 Å². The molecular formula is C27H27BrN4O4S. The van der Waals surface area contributed by atoms with Gasteiger partial charge in [0.05, 0.1) is 12.2 Å². The van der Waals surface area contributed by atoms with Crippen LogP contribution in [0.1, 0.15) is 50.5 Å². The van der Waals surface area contributed by atoms with Crippen molar-refractivity contribution in [1.82, 2.24) is 16.2 Å². The lowest BCUT2D eigenvalue weighted by atomic mass is 10.1. The molecule has 0 bridgehead atoms. The number of rotatable bonds is 7. The summed E-state index contributed by atoms with van der Waals surface area (Å²) < 4.78 is 6.44. The number of nitrogens with one attached hydrogen (secondary N) is 4. The van der Waals surface area contributed by atoms with E-state index >= 15 is 0 Å². The van der Waals surface area contributed by atoms with Gasteiger partial charge in [-0.2, -0.15) is 0 Å². The largest absolute Gasteiger partial charge is 0.492 e. The number of benzene rings is 3.